The van der Waals surface area contributed by atoms with Gasteiger partial charge in [0.2, 0.25) is 0 Å². The lowest BCUT2D eigenvalue weighted by atomic mass is 10.2. The molecule has 1 saturated heterocycles. The van der Waals surface area contributed by atoms with Gasteiger partial charge >= 0.3 is 0 Å². The Labute approximate surface area is 130 Å². The van der Waals surface area contributed by atoms with Crippen LogP contribution in [0, 0.1) is 0 Å². The van der Waals surface area contributed by atoms with Gasteiger partial charge in [0.05, 0.1) is 6.10 Å². The van der Waals surface area contributed by atoms with Crippen LogP contribution in [0.2, 0.25) is 0 Å². The van der Waals surface area contributed by atoms with Crippen molar-refractivity contribution >= 4 is 5.95 Å². The summed E-state index contributed by atoms with van der Waals surface area (Å²) < 4.78 is 10.8. The van der Waals surface area contributed by atoms with Gasteiger partial charge in [-0.2, -0.15) is 4.98 Å². The first-order chi connectivity index (χ1) is 10.7. The highest BCUT2D eigenvalue weighted by molar-refractivity contribution is 5.53. The van der Waals surface area contributed by atoms with Gasteiger partial charge in [-0.1, -0.05) is 18.2 Å². The molecule has 2 heterocycles. The molecule has 0 unspecified atom stereocenters. The first kappa shape index (κ1) is 15.0. The zero-order valence-electron chi connectivity index (χ0n) is 13.3. The number of nitrogens with zero attached hydrogens (tertiary/aromatic N) is 4. The van der Waals surface area contributed by atoms with Crippen LogP contribution in [0.25, 0.3) is 11.5 Å². The third-order valence-electron chi connectivity index (χ3n) is 4.25. The lowest BCUT2D eigenvalue weighted by molar-refractivity contribution is 0.111. The average Bonchev–Trinajstić information content (AvgIpc) is 3.16. The molecule has 0 saturated carbocycles. The van der Waals surface area contributed by atoms with E-state index in [1.807, 2.05) is 42.3 Å². The van der Waals surface area contributed by atoms with Crippen LogP contribution in [-0.2, 0) is 4.74 Å². The third kappa shape index (κ3) is 3.13. The molecule has 22 heavy (non-hydrogen) atoms. The smallest absolute Gasteiger partial charge is 0.266 e. The maximum absolute atomic E-state index is 5.45. The van der Waals surface area contributed by atoms with E-state index in [0.29, 0.717) is 24.0 Å². The van der Waals surface area contributed by atoms with Gasteiger partial charge in [0.25, 0.3) is 11.8 Å². The number of aromatic nitrogens is 2. The Kier molecular flexibility index (Phi) is 4.40. The molecule has 0 spiro atoms. The fourth-order valence-electron chi connectivity index (χ4n) is 2.88. The summed E-state index contributed by atoms with van der Waals surface area (Å²) in [5.41, 5.74) is 0.937. The van der Waals surface area contributed by atoms with E-state index in [1.54, 1.807) is 7.11 Å². The minimum atomic E-state index is 0.313. The van der Waals surface area contributed by atoms with Gasteiger partial charge in [-0.05, 0) is 30.8 Å². The molecular formula is C16H22N4O2. The van der Waals surface area contributed by atoms with Gasteiger partial charge < -0.3 is 14.2 Å². The van der Waals surface area contributed by atoms with Gasteiger partial charge in [0.1, 0.15) is 0 Å². The van der Waals surface area contributed by atoms with E-state index < -0.39 is 0 Å². The number of anilines is 1. The van der Waals surface area contributed by atoms with Crippen LogP contribution >= 0.6 is 0 Å². The summed E-state index contributed by atoms with van der Waals surface area (Å²) in [5, 5.41) is 4.09. The predicted molar refractivity (Wildman–Crippen MR) is 84.8 cm³/mol. The Balaban J connectivity index is 1.66. The summed E-state index contributed by atoms with van der Waals surface area (Å²) in [6.45, 7) is 1.82. The number of hydrogen-bond acceptors (Lipinski definition) is 6. The Hall–Kier alpha value is -1.92. The standard InChI is InChI=1S/C16H22N4O2/c1-19-11-14(21-3)9-13(19)10-20(2)16-17-15(22-18-16)12-7-5-4-6-8-12/h4-8,13-14H,9-11H2,1-3H3/t13-,14-/m0/s1. The number of hydrogen-bond donors (Lipinski definition) is 0. The van der Waals surface area contributed by atoms with Crippen LogP contribution < -0.4 is 4.90 Å². The SMILES string of the molecule is CO[C@H]1C[C@@H](CN(C)c2noc(-c3ccccc3)n2)N(C)C1. The summed E-state index contributed by atoms with van der Waals surface area (Å²) in [5.74, 6) is 1.17. The molecule has 1 fully saturated rings. The van der Waals surface area contributed by atoms with Crippen LogP contribution in [-0.4, -0.2) is 61.5 Å². The van der Waals surface area contributed by atoms with Crippen LogP contribution in [0.3, 0.4) is 0 Å². The molecule has 2 atom stereocenters. The van der Waals surface area contributed by atoms with Gasteiger partial charge in [-0.15, -0.1) is 0 Å². The number of benzene rings is 1. The zero-order chi connectivity index (χ0) is 15.5. The molecule has 1 aromatic heterocycles. The fourth-order valence-corrected chi connectivity index (χ4v) is 2.88. The summed E-state index contributed by atoms with van der Waals surface area (Å²) >= 11 is 0. The second-order valence-electron chi connectivity index (χ2n) is 5.83. The second kappa shape index (κ2) is 6.46. The van der Waals surface area contributed by atoms with Crippen molar-refractivity contribution in [2.75, 3.05) is 39.2 Å². The van der Waals surface area contributed by atoms with E-state index >= 15 is 0 Å². The predicted octanol–water partition coefficient (Wildman–Crippen LogP) is 1.89. The Bertz CT molecular complexity index is 601. The molecule has 0 aliphatic carbocycles. The number of methoxy groups -OCH3 is 1. The molecule has 2 aromatic rings. The van der Waals surface area contributed by atoms with Crippen LogP contribution in [0.5, 0.6) is 0 Å². The van der Waals surface area contributed by atoms with E-state index in [2.05, 4.69) is 22.1 Å². The fraction of sp³-hybridized carbons (Fsp3) is 0.500. The molecule has 0 bridgehead atoms. The van der Waals surface area contributed by atoms with Crippen molar-refractivity contribution in [2.24, 2.45) is 0 Å². The molecule has 6 heteroatoms. The lowest BCUT2D eigenvalue weighted by Crippen LogP contribution is -2.37. The molecule has 118 valence electrons. The minimum Gasteiger partial charge on any atom is -0.380 e. The number of ether oxygens (including phenoxy) is 1. The van der Waals surface area contributed by atoms with Crippen molar-refractivity contribution in [1.29, 1.82) is 0 Å². The Morgan fingerprint density at radius 1 is 1.36 bits per heavy atom. The van der Waals surface area contributed by atoms with E-state index in [1.165, 1.54) is 0 Å². The van der Waals surface area contributed by atoms with Crippen molar-refractivity contribution in [3.63, 3.8) is 0 Å². The highest BCUT2D eigenvalue weighted by atomic mass is 16.5. The van der Waals surface area contributed by atoms with Gasteiger partial charge in [0.15, 0.2) is 0 Å². The third-order valence-corrected chi connectivity index (χ3v) is 4.25. The van der Waals surface area contributed by atoms with E-state index in [9.17, 15) is 0 Å². The van der Waals surface area contributed by atoms with Crippen molar-refractivity contribution in [1.82, 2.24) is 15.0 Å². The van der Waals surface area contributed by atoms with Crippen molar-refractivity contribution in [2.45, 2.75) is 18.6 Å². The maximum atomic E-state index is 5.45. The number of likely N-dealkylation sites (N-methyl/N-ethyl adjacent to an activating group) is 2. The van der Waals surface area contributed by atoms with Gasteiger partial charge in [0, 0.05) is 38.9 Å². The molecule has 3 rings (SSSR count). The minimum absolute atomic E-state index is 0.313. The Morgan fingerprint density at radius 3 is 2.82 bits per heavy atom. The van der Waals surface area contributed by atoms with E-state index in [0.717, 1.165) is 25.1 Å². The topological polar surface area (TPSA) is 54.6 Å². The largest absolute Gasteiger partial charge is 0.380 e. The molecule has 1 aromatic carbocycles. The summed E-state index contributed by atoms with van der Waals surface area (Å²) in [4.78, 5) is 8.84. The van der Waals surface area contributed by atoms with Gasteiger partial charge in [-0.3, -0.25) is 4.90 Å². The average molecular weight is 302 g/mol. The normalized spacial score (nSPS) is 22.1. The van der Waals surface area contributed by atoms with Crippen molar-refractivity contribution in [3.05, 3.63) is 30.3 Å². The molecule has 0 N–H and O–H groups in total. The van der Waals surface area contributed by atoms with E-state index in [-0.39, 0.29) is 0 Å². The first-order valence-corrected chi connectivity index (χ1v) is 7.50. The molecular weight excluding hydrogens is 280 g/mol. The summed E-state index contributed by atoms with van der Waals surface area (Å²) in [6.07, 6.45) is 1.34. The molecule has 0 amide bonds. The molecule has 1 aliphatic heterocycles. The zero-order valence-corrected chi connectivity index (χ0v) is 13.3. The molecule has 1 aliphatic rings. The number of rotatable bonds is 5. The highest BCUT2D eigenvalue weighted by Crippen LogP contribution is 2.22. The molecule has 6 nitrogen and oxygen atoms in total. The lowest BCUT2D eigenvalue weighted by Gasteiger charge is -2.24. The monoisotopic (exact) mass is 302 g/mol. The highest BCUT2D eigenvalue weighted by Gasteiger charge is 2.30. The van der Waals surface area contributed by atoms with E-state index in [4.69, 9.17) is 9.26 Å². The summed E-state index contributed by atoms with van der Waals surface area (Å²) in [6, 6.07) is 10.3. The number of likely N-dealkylation sites (tertiary alicyclic amines) is 1. The summed E-state index contributed by atoms with van der Waals surface area (Å²) in [7, 11) is 5.90. The Morgan fingerprint density at radius 2 is 2.14 bits per heavy atom. The maximum Gasteiger partial charge on any atom is 0.266 e. The van der Waals surface area contributed by atoms with Gasteiger partial charge in [-0.25, -0.2) is 0 Å². The molecule has 0 radical (unpaired) electrons. The second-order valence-corrected chi connectivity index (χ2v) is 5.83. The van der Waals surface area contributed by atoms with Crippen molar-refractivity contribution in [3.8, 4) is 11.5 Å². The van der Waals surface area contributed by atoms with Crippen LogP contribution in [0.4, 0.5) is 5.95 Å². The first-order valence-electron chi connectivity index (χ1n) is 7.50. The quantitative estimate of drug-likeness (QED) is 0.841. The van der Waals surface area contributed by atoms with Crippen molar-refractivity contribution < 1.29 is 9.26 Å². The van der Waals surface area contributed by atoms with Crippen LogP contribution in [0.1, 0.15) is 6.42 Å². The van der Waals surface area contributed by atoms with Crippen LogP contribution in [0.15, 0.2) is 34.9 Å².